The van der Waals surface area contributed by atoms with Crippen LogP contribution in [0.25, 0.3) is 0 Å². The first kappa shape index (κ1) is 16.5. The lowest BCUT2D eigenvalue weighted by atomic mass is 9.92. The number of hydrogen-bond donors (Lipinski definition) is 1. The third-order valence-corrected chi connectivity index (χ3v) is 4.25. The molecular formula is C17H18ClN3O3. The van der Waals surface area contributed by atoms with E-state index >= 15 is 0 Å². The number of hydrogen-bond acceptors (Lipinski definition) is 4. The Balaban J connectivity index is 1.54. The Kier molecular flexibility index (Phi) is 4.85. The van der Waals surface area contributed by atoms with Crippen molar-refractivity contribution in [3.8, 4) is 5.75 Å². The Morgan fingerprint density at radius 1 is 1.42 bits per heavy atom. The van der Waals surface area contributed by atoms with Crippen LogP contribution in [0.1, 0.15) is 17.7 Å². The molecule has 1 unspecified atom stereocenters. The van der Waals surface area contributed by atoms with Gasteiger partial charge in [0.1, 0.15) is 5.75 Å². The van der Waals surface area contributed by atoms with Gasteiger partial charge in [0.15, 0.2) is 6.61 Å². The maximum Gasteiger partial charge on any atom is 0.266 e. The van der Waals surface area contributed by atoms with Crippen molar-refractivity contribution in [3.05, 3.63) is 57.0 Å². The van der Waals surface area contributed by atoms with Crippen molar-refractivity contribution >= 4 is 17.5 Å². The summed E-state index contributed by atoms with van der Waals surface area (Å²) in [6, 6.07) is 8.45. The third kappa shape index (κ3) is 3.94. The number of aromatic nitrogens is 2. The van der Waals surface area contributed by atoms with Crippen LogP contribution in [0.4, 0.5) is 0 Å². The number of nitrogens with one attached hydrogen (secondary N) is 1. The highest BCUT2D eigenvalue weighted by atomic mass is 35.5. The number of benzene rings is 1. The lowest BCUT2D eigenvalue weighted by molar-refractivity contribution is -0.123. The van der Waals surface area contributed by atoms with E-state index in [1.807, 2.05) is 0 Å². The van der Waals surface area contributed by atoms with Crippen LogP contribution < -0.4 is 15.6 Å². The second-order valence-corrected chi connectivity index (χ2v) is 6.26. The van der Waals surface area contributed by atoms with E-state index in [4.69, 9.17) is 16.3 Å². The molecule has 24 heavy (non-hydrogen) atoms. The van der Waals surface area contributed by atoms with Gasteiger partial charge in [0, 0.05) is 24.2 Å². The monoisotopic (exact) mass is 347 g/mol. The van der Waals surface area contributed by atoms with Crippen molar-refractivity contribution in [2.75, 3.05) is 6.61 Å². The minimum atomic E-state index is -0.185. The van der Waals surface area contributed by atoms with Gasteiger partial charge in [-0.25, -0.2) is 4.68 Å². The van der Waals surface area contributed by atoms with Gasteiger partial charge in [-0.3, -0.25) is 9.59 Å². The third-order valence-electron chi connectivity index (χ3n) is 4.00. The molecule has 7 heteroatoms. The Labute approximate surface area is 144 Å². The van der Waals surface area contributed by atoms with Crippen LogP contribution in [0.15, 0.2) is 35.1 Å². The van der Waals surface area contributed by atoms with Crippen molar-refractivity contribution in [1.29, 1.82) is 0 Å². The zero-order chi connectivity index (χ0) is 17.1. The smallest absolute Gasteiger partial charge is 0.266 e. The molecule has 1 atom stereocenters. The van der Waals surface area contributed by atoms with Crippen LogP contribution in [0.2, 0.25) is 5.02 Å². The second kappa shape index (κ2) is 7.05. The van der Waals surface area contributed by atoms with Gasteiger partial charge in [-0.15, -0.1) is 0 Å². The fourth-order valence-electron chi connectivity index (χ4n) is 2.76. The highest BCUT2D eigenvalue weighted by Gasteiger charge is 2.22. The summed E-state index contributed by atoms with van der Waals surface area (Å²) in [5, 5.41) is 7.83. The largest absolute Gasteiger partial charge is 0.484 e. The molecule has 0 saturated heterocycles. The van der Waals surface area contributed by atoms with Gasteiger partial charge in [-0.2, -0.15) is 5.10 Å². The molecule has 0 radical (unpaired) electrons. The number of fused-ring (bicyclic) bond motifs is 1. The standard InChI is InChI=1S/C17H18ClN3O3/c1-21-17(23)9-11-8-13(4-7-15(11)20-21)19-16(22)10-24-14-5-2-12(18)3-6-14/h2-3,5-6,9,13H,4,7-8,10H2,1H3,(H,19,22). The zero-order valence-corrected chi connectivity index (χ0v) is 14.0. The molecule has 2 aromatic rings. The minimum Gasteiger partial charge on any atom is -0.484 e. The molecule has 0 fully saturated rings. The normalized spacial score (nSPS) is 16.3. The van der Waals surface area contributed by atoms with Gasteiger partial charge in [0.25, 0.3) is 11.5 Å². The molecule has 126 valence electrons. The van der Waals surface area contributed by atoms with Crippen LogP contribution in [0.5, 0.6) is 5.75 Å². The summed E-state index contributed by atoms with van der Waals surface area (Å²) in [5.41, 5.74) is 1.71. The van der Waals surface area contributed by atoms with E-state index in [0.717, 1.165) is 24.1 Å². The first-order chi connectivity index (χ1) is 11.5. The summed E-state index contributed by atoms with van der Waals surface area (Å²) in [4.78, 5) is 23.7. The van der Waals surface area contributed by atoms with E-state index in [-0.39, 0.29) is 24.1 Å². The molecule has 0 saturated carbocycles. The molecule has 1 aliphatic rings. The summed E-state index contributed by atoms with van der Waals surface area (Å²) >= 11 is 5.80. The van der Waals surface area contributed by atoms with Crippen LogP contribution >= 0.6 is 11.6 Å². The molecule has 1 amide bonds. The highest BCUT2D eigenvalue weighted by molar-refractivity contribution is 6.30. The fraction of sp³-hybridized carbons (Fsp3) is 0.353. The van der Waals surface area contributed by atoms with Crippen LogP contribution in [-0.2, 0) is 24.7 Å². The molecule has 1 N–H and O–H groups in total. The lowest BCUT2D eigenvalue weighted by Gasteiger charge is -2.24. The van der Waals surface area contributed by atoms with Crippen LogP contribution in [0.3, 0.4) is 0 Å². The predicted octanol–water partition coefficient (Wildman–Crippen LogP) is 1.49. The second-order valence-electron chi connectivity index (χ2n) is 5.83. The molecule has 1 heterocycles. The van der Waals surface area contributed by atoms with E-state index in [1.165, 1.54) is 4.68 Å². The topological polar surface area (TPSA) is 73.2 Å². The van der Waals surface area contributed by atoms with Gasteiger partial charge in [-0.1, -0.05) is 11.6 Å². The molecule has 1 aromatic carbocycles. The Hall–Kier alpha value is -2.34. The number of amides is 1. The summed E-state index contributed by atoms with van der Waals surface area (Å²) in [5.74, 6) is 0.409. The Bertz CT molecular complexity index is 802. The SMILES string of the molecule is Cn1nc2c(cc1=O)CC(NC(=O)COc1ccc(Cl)cc1)CC2. The van der Waals surface area contributed by atoms with E-state index in [0.29, 0.717) is 17.2 Å². The van der Waals surface area contributed by atoms with E-state index < -0.39 is 0 Å². The minimum absolute atomic E-state index is 0.00674. The van der Waals surface area contributed by atoms with Gasteiger partial charge in [0.2, 0.25) is 0 Å². The summed E-state index contributed by atoms with van der Waals surface area (Å²) in [6.07, 6.45) is 2.16. The molecule has 0 aliphatic heterocycles. The lowest BCUT2D eigenvalue weighted by Crippen LogP contribution is -2.42. The van der Waals surface area contributed by atoms with Gasteiger partial charge < -0.3 is 10.1 Å². The van der Waals surface area contributed by atoms with Gasteiger partial charge in [-0.05, 0) is 49.1 Å². The average molecular weight is 348 g/mol. The number of nitrogens with zero attached hydrogens (tertiary/aromatic N) is 2. The van der Waals surface area contributed by atoms with Crippen LogP contribution in [-0.4, -0.2) is 28.3 Å². The maximum atomic E-state index is 12.0. The zero-order valence-electron chi connectivity index (χ0n) is 13.3. The number of halogens is 1. The van der Waals surface area contributed by atoms with E-state index in [2.05, 4.69) is 10.4 Å². The quantitative estimate of drug-likeness (QED) is 0.909. The van der Waals surface area contributed by atoms with E-state index in [1.54, 1.807) is 37.4 Å². The van der Waals surface area contributed by atoms with Gasteiger partial charge >= 0.3 is 0 Å². The molecule has 1 aliphatic carbocycles. The first-order valence-corrected chi connectivity index (χ1v) is 8.13. The number of carbonyl (C=O) groups is 1. The predicted molar refractivity (Wildman–Crippen MR) is 90.4 cm³/mol. The number of aryl methyl sites for hydroxylation is 2. The van der Waals surface area contributed by atoms with Crippen molar-refractivity contribution in [1.82, 2.24) is 15.1 Å². The summed E-state index contributed by atoms with van der Waals surface area (Å²) in [6.45, 7) is -0.0558. The Morgan fingerprint density at radius 3 is 2.92 bits per heavy atom. The average Bonchev–Trinajstić information content (AvgIpc) is 2.56. The first-order valence-electron chi connectivity index (χ1n) is 7.75. The molecule has 1 aromatic heterocycles. The highest BCUT2D eigenvalue weighted by Crippen LogP contribution is 2.18. The molecule has 0 spiro atoms. The molecule has 0 bridgehead atoms. The molecule has 6 nitrogen and oxygen atoms in total. The number of carbonyl (C=O) groups excluding carboxylic acids is 1. The fourth-order valence-corrected chi connectivity index (χ4v) is 2.88. The van der Waals surface area contributed by atoms with Crippen molar-refractivity contribution in [2.24, 2.45) is 7.05 Å². The molecule has 3 rings (SSSR count). The van der Waals surface area contributed by atoms with E-state index in [9.17, 15) is 9.59 Å². The summed E-state index contributed by atoms with van der Waals surface area (Å²) in [7, 11) is 1.64. The van der Waals surface area contributed by atoms with Crippen molar-refractivity contribution in [3.63, 3.8) is 0 Å². The number of ether oxygens (including phenoxy) is 1. The van der Waals surface area contributed by atoms with Crippen molar-refractivity contribution < 1.29 is 9.53 Å². The molecular weight excluding hydrogens is 330 g/mol. The van der Waals surface area contributed by atoms with Crippen molar-refractivity contribution in [2.45, 2.75) is 25.3 Å². The van der Waals surface area contributed by atoms with Gasteiger partial charge in [0.05, 0.1) is 5.69 Å². The number of rotatable bonds is 4. The Morgan fingerprint density at radius 2 is 2.17 bits per heavy atom. The maximum absolute atomic E-state index is 12.0. The summed E-state index contributed by atoms with van der Waals surface area (Å²) < 4.78 is 6.78. The van der Waals surface area contributed by atoms with Crippen LogP contribution in [0, 0.1) is 0 Å².